The molecule has 0 amide bonds. The third kappa shape index (κ3) is 2.97. The highest BCUT2D eigenvalue weighted by Gasteiger charge is 2.08. The van der Waals surface area contributed by atoms with Crippen LogP contribution in [0.2, 0.25) is 0 Å². The number of pyridine rings is 1. The molecular weight excluding hydrogens is 290 g/mol. The van der Waals surface area contributed by atoms with Crippen LogP contribution < -0.4 is 14.2 Å². The fourth-order valence-corrected chi connectivity index (χ4v) is 2.45. The molecule has 0 spiro atoms. The summed E-state index contributed by atoms with van der Waals surface area (Å²) in [5.74, 6) is 1.42. The summed E-state index contributed by atoms with van der Waals surface area (Å²) in [6.07, 6.45) is 3.64. The number of ether oxygens (including phenoxy) is 2. The first kappa shape index (κ1) is 14.9. The van der Waals surface area contributed by atoms with E-state index in [1.807, 2.05) is 60.7 Å². The Morgan fingerprint density at radius 1 is 0.913 bits per heavy atom. The Morgan fingerprint density at radius 2 is 1.74 bits per heavy atom. The summed E-state index contributed by atoms with van der Waals surface area (Å²) < 4.78 is 11.5. The van der Waals surface area contributed by atoms with Gasteiger partial charge in [0.2, 0.25) is 11.2 Å². The van der Waals surface area contributed by atoms with E-state index < -0.39 is 0 Å². The van der Waals surface area contributed by atoms with E-state index in [2.05, 4.69) is 0 Å². The van der Waals surface area contributed by atoms with Crippen LogP contribution in [0.4, 0.5) is 0 Å². The number of nitrogens with zero attached hydrogens (tertiary/aromatic N) is 1. The first-order valence-electron chi connectivity index (χ1n) is 7.24. The lowest BCUT2D eigenvalue weighted by Gasteiger charge is -2.07. The van der Waals surface area contributed by atoms with E-state index in [0.29, 0.717) is 17.0 Å². The zero-order valence-electron chi connectivity index (χ0n) is 13.0. The number of para-hydroxylation sites is 1. The zero-order valence-corrected chi connectivity index (χ0v) is 13.0. The predicted octanol–water partition coefficient (Wildman–Crippen LogP) is 3.66. The second-order valence-corrected chi connectivity index (χ2v) is 5.05. The second-order valence-electron chi connectivity index (χ2n) is 5.05. The van der Waals surface area contributed by atoms with Crippen molar-refractivity contribution in [2.45, 2.75) is 0 Å². The van der Waals surface area contributed by atoms with Crippen molar-refractivity contribution in [3.8, 4) is 11.5 Å². The van der Waals surface area contributed by atoms with E-state index >= 15 is 0 Å². The molecule has 0 unspecified atom stereocenters. The van der Waals surface area contributed by atoms with Crippen molar-refractivity contribution in [1.82, 2.24) is 0 Å². The Balaban J connectivity index is 1.99. The molecule has 4 nitrogen and oxygen atoms in total. The molecule has 0 aliphatic carbocycles. The molecule has 0 radical (unpaired) electrons. The highest BCUT2D eigenvalue weighted by Crippen LogP contribution is 2.26. The summed E-state index contributed by atoms with van der Waals surface area (Å²) in [5, 5.41) is 13.3. The normalized spacial score (nSPS) is 11.0. The van der Waals surface area contributed by atoms with Gasteiger partial charge in [0.1, 0.15) is 11.5 Å². The standard InChI is InChI=1S/C19H17NO3/c1-22-17-12-9-15(19(13-17)23-2)8-11-16-10-7-14-5-3-4-6-18(14)20(16)21/h3-13H,1-2H3. The van der Waals surface area contributed by atoms with E-state index in [1.54, 1.807) is 20.3 Å². The Hall–Kier alpha value is -3.01. The molecule has 0 fully saturated rings. The molecule has 1 aromatic heterocycles. The Morgan fingerprint density at radius 3 is 2.52 bits per heavy atom. The average molecular weight is 307 g/mol. The van der Waals surface area contributed by atoms with Gasteiger partial charge in [-0.3, -0.25) is 0 Å². The second kappa shape index (κ2) is 6.40. The number of rotatable bonds is 4. The van der Waals surface area contributed by atoms with Gasteiger partial charge in [0.25, 0.3) is 0 Å². The third-order valence-electron chi connectivity index (χ3n) is 3.70. The Bertz CT molecular complexity index is 872. The van der Waals surface area contributed by atoms with Crippen molar-refractivity contribution in [2.24, 2.45) is 0 Å². The lowest BCUT2D eigenvalue weighted by Crippen LogP contribution is -2.30. The van der Waals surface area contributed by atoms with Crippen molar-refractivity contribution >= 4 is 23.1 Å². The minimum absolute atomic E-state index is 0.571. The summed E-state index contributed by atoms with van der Waals surface area (Å²) in [7, 11) is 3.22. The summed E-state index contributed by atoms with van der Waals surface area (Å²) in [6.45, 7) is 0. The summed E-state index contributed by atoms with van der Waals surface area (Å²) in [5.41, 5.74) is 2.10. The SMILES string of the molecule is COc1ccc(C=Cc2ccc3ccccc3[n+]2[O-])c(OC)c1. The summed E-state index contributed by atoms with van der Waals surface area (Å²) >= 11 is 0. The molecule has 4 heteroatoms. The number of benzene rings is 2. The maximum atomic E-state index is 12.4. The molecule has 3 rings (SSSR count). The molecule has 116 valence electrons. The van der Waals surface area contributed by atoms with Crippen molar-refractivity contribution in [1.29, 1.82) is 0 Å². The topological polar surface area (TPSA) is 45.4 Å². The molecule has 0 bridgehead atoms. The molecule has 0 saturated carbocycles. The van der Waals surface area contributed by atoms with Crippen LogP contribution in [0, 0.1) is 5.21 Å². The van der Waals surface area contributed by atoms with Gasteiger partial charge in [-0.15, -0.1) is 0 Å². The molecule has 0 aliphatic heterocycles. The zero-order chi connectivity index (χ0) is 16.2. The molecular formula is C19H17NO3. The molecule has 23 heavy (non-hydrogen) atoms. The summed E-state index contributed by atoms with van der Waals surface area (Å²) in [6, 6.07) is 16.8. The molecule has 0 saturated heterocycles. The van der Waals surface area contributed by atoms with Gasteiger partial charge >= 0.3 is 0 Å². The van der Waals surface area contributed by atoms with Crippen LogP contribution in [-0.2, 0) is 0 Å². The minimum Gasteiger partial charge on any atom is -0.618 e. The van der Waals surface area contributed by atoms with Crippen LogP contribution in [0.1, 0.15) is 11.3 Å². The summed E-state index contributed by atoms with van der Waals surface area (Å²) in [4.78, 5) is 0. The highest BCUT2D eigenvalue weighted by molar-refractivity contribution is 5.78. The van der Waals surface area contributed by atoms with Crippen molar-refractivity contribution in [3.63, 3.8) is 0 Å². The van der Waals surface area contributed by atoms with Gasteiger partial charge in [-0.25, -0.2) is 0 Å². The predicted molar refractivity (Wildman–Crippen MR) is 91.4 cm³/mol. The molecule has 0 atom stereocenters. The smallest absolute Gasteiger partial charge is 0.224 e. The van der Waals surface area contributed by atoms with E-state index in [9.17, 15) is 5.21 Å². The van der Waals surface area contributed by atoms with Crippen LogP contribution in [-0.4, -0.2) is 14.2 Å². The monoisotopic (exact) mass is 307 g/mol. The van der Waals surface area contributed by atoms with Crippen molar-refractivity contribution in [2.75, 3.05) is 14.2 Å². The molecule has 0 N–H and O–H groups in total. The number of fused-ring (bicyclic) bond motifs is 1. The Labute approximate surface area is 134 Å². The van der Waals surface area contributed by atoms with Gasteiger partial charge in [-0.05, 0) is 30.3 Å². The number of hydrogen-bond donors (Lipinski definition) is 0. The molecule has 2 aromatic carbocycles. The lowest BCUT2D eigenvalue weighted by atomic mass is 10.1. The maximum absolute atomic E-state index is 12.4. The maximum Gasteiger partial charge on any atom is 0.224 e. The lowest BCUT2D eigenvalue weighted by molar-refractivity contribution is -0.579. The van der Waals surface area contributed by atoms with Crippen LogP contribution in [0.3, 0.4) is 0 Å². The van der Waals surface area contributed by atoms with Crippen LogP contribution in [0.15, 0.2) is 54.6 Å². The van der Waals surface area contributed by atoms with Gasteiger partial charge in [0.15, 0.2) is 0 Å². The molecule has 1 heterocycles. The first-order valence-corrected chi connectivity index (χ1v) is 7.24. The number of methoxy groups -OCH3 is 2. The fraction of sp³-hybridized carbons (Fsp3) is 0.105. The van der Waals surface area contributed by atoms with Gasteiger partial charge < -0.3 is 14.7 Å². The van der Waals surface area contributed by atoms with E-state index in [1.165, 1.54) is 0 Å². The van der Waals surface area contributed by atoms with Gasteiger partial charge in [0, 0.05) is 35.2 Å². The fourth-order valence-electron chi connectivity index (χ4n) is 2.45. The minimum atomic E-state index is 0.571. The molecule has 0 aliphatic rings. The quantitative estimate of drug-likeness (QED) is 0.546. The van der Waals surface area contributed by atoms with E-state index in [0.717, 1.165) is 21.4 Å². The Kier molecular flexibility index (Phi) is 4.15. The van der Waals surface area contributed by atoms with Crippen molar-refractivity contribution < 1.29 is 14.2 Å². The van der Waals surface area contributed by atoms with Gasteiger partial charge in [-0.1, -0.05) is 12.1 Å². The largest absolute Gasteiger partial charge is 0.618 e. The van der Waals surface area contributed by atoms with Gasteiger partial charge in [0.05, 0.1) is 14.2 Å². The van der Waals surface area contributed by atoms with Crippen molar-refractivity contribution in [3.05, 3.63) is 71.1 Å². The highest BCUT2D eigenvalue weighted by atomic mass is 16.5. The number of hydrogen-bond acceptors (Lipinski definition) is 3. The average Bonchev–Trinajstić information content (AvgIpc) is 2.61. The first-order chi connectivity index (χ1) is 11.2. The van der Waals surface area contributed by atoms with Crippen LogP contribution >= 0.6 is 0 Å². The third-order valence-corrected chi connectivity index (χ3v) is 3.70. The van der Waals surface area contributed by atoms with E-state index in [4.69, 9.17) is 9.47 Å². The van der Waals surface area contributed by atoms with E-state index in [-0.39, 0.29) is 0 Å². The number of aromatic nitrogens is 1. The molecule has 3 aromatic rings. The van der Waals surface area contributed by atoms with Crippen LogP contribution in [0.5, 0.6) is 11.5 Å². The van der Waals surface area contributed by atoms with Gasteiger partial charge in [-0.2, -0.15) is 4.73 Å². The van der Waals surface area contributed by atoms with Crippen LogP contribution in [0.25, 0.3) is 23.1 Å².